The Morgan fingerprint density at radius 1 is 1.30 bits per heavy atom. The van der Waals surface area contributed by atoms with E-state index in [9.17, 15) is 0 Å². The normalized spacial score (nSPS) is 17.3. The van der Waals surface area contributed by atoms with Crippen LogP contribution in [-0.2, 0) is 0 Å². The Morgan fingerprint density at radius 2 is 2.10 bits per heavy atom. The molecular formula is C7H7ClN2. The maximum absolute atomic E-state index is 5.56. The third kappa shape index (κ3) is 1.12. The van der Waals surface area contributed by atoms with Crippen LogP contribution in [0.4, 0.5) is 0 Å². The Labute approximate surface area is 64.3 Å². The maximum atomic E-state index is 5.56. The molecule has 1 aromatic rings. The summed E-state index contributed by atoms with van der Waals surface area (Å²) in [5, 5.41) is 0.476. The summed E-state index contributed by atoms with van der Waals surface area (Å²) in [4.78, 5) is 8.09. The van der Waals surface area contributed by atoms with Crippen LogP contribution in [0.1, 0.15) is 24.5 Å². The second kappa shape index (κ2) is 2.20. The molecule has 0 radical (unpaired) electrons. The molecule has 3 heteroatoms. The van der Waals surface area contributed by atoms with Crippen molar-refractivity contribution in [1.29, 1.82) is 0 Å². The minimum atomic E-state index is 0.476. The molecule has 0 saturated heterocycles. The first-order valence-corrected chi connectivity index (χ1v) is 3.71. The van der Waals surface area contributed by atoms with Gasteiger partial charge in [-0.15, -0.1) is 0 Å². The average Bonchev–Trinajstić information content (AvgIpc) is 2.71. The monoisotopic (exact) mass is 154 g/mol. The van der Waals surface area contributed by atoms with Crippen LogP contribution in [0.15, 0.2) is 12.4 Å². The molecular weight excluding hydrogens is 148 g/mol. The van der Waals surface area contributed by atoms with E-state index in [1.54, 1.807) is 12.4 Å². The van der Waals surface area contributed by atoms with Crippen molar-refractivity contribution in [3.63, 3.8) is 0 Å². The van der Waals surface area contributed by atoms with E-state index in [0.717, 1.165) is 5.69 Å². The Morgan fingerprint density at radius 3 is 2.60 bits per heavy atom. The highest BCUT2D eigenvalue weighted by Gasteiger charge is 2.24. The highest BCUT2D eigenvalue weighted by atomic mass is 35.5. The molecule has 0 aliphatic heterocycles. The molecule has 2 nitrogen and oxygen atoms in total. The molecule has 1 saturated carbocycles. The molecule has 2 rings (SSSR count). The predicted octanol–water partition coefficient (Wildman–Crippen LogP) is 2.01. The number of hydrogen-bond acceptors (Lipinski definition) is 2. The lowest BCUT2D eigenvalue weighted by atomic mass is 10.3. The van der Waals surface area contributed by atoms with E-state index in [2.05, 4.69) is 9.97 Å². The molecule has 52 valence electrons. The van der Waals surface area contributed by atoms with E-state index < -0.39 is 0 Å². The summed E-state index contributed by atoms with van der Waals surface area (Å²) in [6.07, 6.45) is 5.89. The van der Waals surface area contributed by atoms with Crippen molar-refractivity contribution < 1.29 is 0 Å². The first kappa shape index (κ1) is 6.10. The van der Waals surface area contributed by atoms with Crippen molar-refractivity contribution in [2.45, 2.75) is 18.8 Å². The third-order valence-electron chi connectivity index (χ3n) is 1.64. The zero-order valence-electron chi connectivity index (χ0n) is 5.42. The van der Waals surface area contributed by atoms with E-state index in [1.165, 1.54) is 12.8 Å². The van der Waals surface area contributed by atoms with E-state index in [0.29, 0.717) is 11.1 Å². The Kier molecular flexibility index (Phi) is 1.34. The van der Waals surface area contributed by atoms with Crippen LogP contribution in [0.2, 0.25) is 5.15 Å². The number of halogens is 1. The third-order valence-corrected chi connectivity index (χ3v) is 1.83. The summed E-state index contributed by atoms with van der Waals surface area (Å²) in [7, 11) is 0. The van der Waals surface area contributed by atoms with Gasteiger partial charge in [0, 0.05) is 5.92 Å². The Hall–Kier alpha value is -0.630. The van der Waals surface area contributed by atoms with Crippen molar-refractivity contribution in [3.8, 4) is 0 Å². The van der Waals surface area contributed by atoms with E-state index >= 15 is 0 Å². The fourth-order valence-electron chi connectivity index (χ4n) is 0.912. The summed E-state index contributed by atoms with van der Waals surface area (Å²) >= 11 is 5.56. The van der Waals surface area contributed by atoms with Gasteiger partial charge in [0.2, 0.25) is 0 Å². The van der Waals surface area contributed by atoms with Crippen LogP contribution in [0.25, 0.3) is 0 Å². The molecule has 0 spiro atoms. The predicted molar refractivity (Wildman–Crippen MR) is 39.0 cm³/mol. The minimum absolute atomic E-state index is 0.476. The standard InChI is InChI=1S/C7H7ClN2/c8-7-4-9-6(3-10-7)5-1-2-5/h3-5H,1-2H2. The van der Waals surface area contributed by atoms with Gasteiger partial charge in [-0.2, -0.15) is 0 Å². The summed E-state index contributed by atoms with van der Waals surface area (Å²) in [6, 6.07) is 0. The summed E-state index contributed by atoms with van der Waals surface area (Å²) in [6.45, 7) is 0. The fourth-order valence-corrected chi connectivity index (χ4v) is 1.01. The highest BCUT2D eigenvalue weighted by Crippen LogP contribution is 2.38. The van der Waals surface area contributed by atoms with Gasteiger partial charge < -0.3 is 0 Å². The number of aromatic nitrogens is 2. The zero-order valence-corrected chi connectivity index (χ0v) is 6.17. The molecule has 0 amide bonds. The second-order valence-corrected chi connectivity index (χ2v) is 2.93. The summed E-state index contributed by atoms with van der Waals surface area (Å²) in [5.41, 5.74) is 1.09. The molecule has 0 bridgehead atoms. The first-order chi connectivity index (χ1) is 4.86. The molecule has 1 fully saturated rings. The molecule has 1 aliphatic carbocycles. The van der Waals surface area contributed by atoms with Gasteiger partial charge in [-0.1, -0.05) is 11.6 Å². The van der Waals surface area contributed by atoms with Gasteiger partial charge in [-0.3, -0.25) is 4.98 Å². The van der Waals surface area contributed by atoms with Crippen LogP contribution in [0, 0.1) is 0 Å². The van der Waals surface area contributed by atoms with Crippen LogP contribution >= 0.6 is 11.6 Å². The number of hydrogen-bond donors (Lipinski definition) is 0. The molecule has 1 heterocycles. The maximum Gasteiger partial charge on any atom is 0.147 e. The molecule has 1 aromatic heterocycles. The highest BCUT2D eigenvalue weighted by molar-refractivity contribution is 6.29. The van der Waals surface area contributed by atoms with E-state index in [4.69, 9.17) is 11.6 Å². The lowest BCUT2D eigenvalue weighted by Gasteiger charge is -1.93. The van der Waals surface area contributed by atoms with E-state index in [1.807, 2.05) is 0 Å². The van der Waals surface area contributed by atoms with Gasteiger partial charge in [0.25, 0.3) is 0 Å². The summed E-state index contributed by atoms with van der Waals surface area (Å²) < 4.78 is 0. The van der Waals surface area contributed by atoms with Crippen molar-refractivity contribution in [2.75, 3.05) is 0 Å². The quantitative estimate of drug-likeness (QED) is 0.619. The fraction of sp³-hybridized carbons (Fsp3) is 0.429. The summed E-state index contributed by atoms with van der Waals surface area (Å²) in [5.74, 6) is 0.671. The Bertz CT molecular complexity index is 228. The molecule has 0 atom stereocenters. The molecule has 0 unspecified atom stereocenters. The zero-order chi connectivity index (χ0) is 6.97. The van der Waals surface area contributed by atoms with Gasteiger partial charge in [0.15, 0.2) is 0 Å². The van der Waals surface area contributed by atoms with Crippen molar-refractivity contribution in [2.24, 2.45) is 0 Å². The largest absolute Gasteiger partial charge is 0.256 e. The lowest BCUT2D eigenvalue weighted by molar-refractivity contribution is 0.988. The van der Waals surface area contributed by atoms with Crippen molar-refractivity contribution in [1.82, 2.24) is 9.97 Å². The van der Waals surface area contributed by atoms with Crippen LogP contribution in [0.3, 0.4) is 0 Å². The molecule has 0 aromatic carbocycles. The second-order valence-electron chi connectivity index (χ2n) is 2.54. The van der Waals surface area contributed by atoms with Crippen LogP contribution in [-0.4, -0.2) is 9.97 Å². The average molecular weight is 155 g/mol. The lowest BCUT2D eigenvalue weighted by Crippen LogP contribution is -1.86. The van der Waals surface area contributed by atoms with Gasteiger partial charge in [-0.05, 0) is 12.8 Å². The van der Waals surface area contributed by atoms with Gasteiger partial charge >= 0.3 is 0 Å². The number of rotatable bonds is 1. The van der Waals surface area contributed by atoms with Gasteiger partial charge in [0.05, 0.1) is 18.1 Å². The molecule has 10 heavy (non-hydrogen) atoms. The Balaban J connectivity index is 2.28. The van der Waals surface area contributed by atoms with Crippen LogP contribution < -0.4 is 0 Å². The topological polar surface area (TPSA) is 25.8 Å². The van der Waals surface area contributed by atoms with Crippen molar-refractivity contribution in [3.05, 3.63) is 23.2 Å². The van der Waals surface area contributed by atoms with Crippen LogP contribution in [0.5, 0.6) is 0 Å². The van der Waals surface area contributed by atoms with Crippen molar-refractivity contribution >= 4 is 11.6 Å². The van der Waals surface area contributed by atoms with Gasteiger partial charge in [0.1, 0.15) is 5.15 Å². The smallest absolute Gasteiger partial charge is 0.147 e. The SMILES string of the molecule is Clc1cnc(C2CC2)cn1. The van der Waals surface area contributed by atoms with E-state index in [-0.39, 0.29) is 0 Å². The first-order valence-electron chi connectivity index (χ1n) is 3.34. The minimum Gasteiger partial charge on any atom is -0.256 e. The molecule has 1 aliphatic rings. The molecule has 0 N–H and O–H groups in total. The number of nitrogens with zero attached hydrogens (tertiary/aromatic N) is 2. The van der Waals surface area contributed by atoms with Gasteiger partial charge in [-0.25, -0.2) is 4.98 Å².